The Labute approximate surface area is 188 Å². The number of benzene rings is 1. The molecular formula is C25H42N2O4. The summed E-state index contributed by atoms with van der Waals surface area (Å²) in [6.07, 6.45) is 13.9. The van der Waals surface area contributed by atoms with Crippen LogP contribution in [0.2, 0.25) is 0 Å². The first-order valence-electron chi connectivity index (χ1n) is 12.1. The van der Waals surface area contributed by atoms with Gasteiger partial charge in [-0.25, -0.2) is 4.79 Å². The minimum Gasteiger partial charge on any atom is -0.461 e. The number of hydrogen-bond acceptors (Lipinski definition) is 5. The second-order valence-electron chi connectivity index (χ2n) is 8.63. The van der Waals surface area contributed by atoms with Gasteiger partial charge in [0.25, 0.3) is 5.69 Å². The average Bonchev–Trinajstić information content (AvgIpc) is 2.76. The number of nitro benzene ring substituents is 1. The Bertz CT molecular complexity index is 618. The Kier molecular flexibility index (Phi) is 14.6. The highest BCUT2D eigenvalue weighted by molar-refractivity contribution is 5.89. The summed E-state index contributed by atoms with van der Waals surface area (Å²) in [5.74, 6) is 0.253. The highest BCUT2D eigenvalue weighted by atomic mass is 16.6. The van der Waals surface area contributed by atoms with Crippen LogP contribution in [0.4, 0.5) is 5.69 Å². The third-order valence-corrected chi connectivity index (χ3v) is 5.73. The molecule has 2 atom stereocenters. The first-order valence-corrected chi connectivity index (χ1v) is 12.1. The molecule has 1 aromatic carbocycles. The summed E-state index contributed by atoms with van der Waals surface area (Å²) in [5.41, 5.74) is 0.301. The van der Waals surface area contributed by atoms with E-state index in [1.54, 1.807) is 0 Å². The largest absolute Gasteiger partial charge is 0.461 e. The zero-order valence-corrected chi connectivity index (χ0v) is 19.7. The van der Waals surface area contributed by atoms with Crippen LogP contribution >= 0.6 is 0 Å². The van der Waals surface area contributed by atoms with Crippen molar-refractivity contribution in [1.29, 1.82) is 0 Å². The number of esters is 1. The monoisotopic (exact) mass is 434 g/mol. The van der Waals surface area contributed by atoms with Crippen LogP contribution in [0.3, 0.4) is 0 Å². The molecule has 0 amide bonds. The summed E-state index contributed by atoms with van der Waals surface area (Å²) in [6.45, 7) is 7.74. The van der Waals surface area contributed by atoms with Crippen molar-refractivity contribution in [2.24, 2.45) is 5.92 Å². The normalized spacial score (nSPS) is 13.0. The smallest absolute Gasteiger partial charge is 0.338 e. The molecule has 0 aliphatic heterocycles. The van der Waals surface area contributed by atoms with Gasteiger partial charge in [-0.3, -0.25) is 10.1 Å². The first-order chi connectivity index (χ1) is 15.0. The summed E-state index contributed by atoms with van der Waals surface area (Å²) in [4.78, 5) is 22.4. The van der Waals surface area contributed by atoms with E-state index in [9.17, 15) is 14.9 Å². The SMILES string of the molecule is CCCCCC[C@@H](C)C[C@H](CCCCCC)NCCOC(=O)c1ccc([N+](=O)[O-])cc1. The molecule has 0 aliphatic rings. The summed E-state index contributed by atoms with van der Waals surface area (Å²) in [6, 6.07) is 5.97. The lowest BCUT2D eigenvalue weighted by Crippen LogP contribution is -2.34. The maximum Gasteiger partial charge on any atom is 0.338 e. The molecule has 0 fully saturated rings. The van der Waals surface area contributed by atoms with E-state index in [1.807, 2.05) is 0 Å². The van der Waals surface area contributed by atoms with Gasteiger partial charge in [-0.2, -0.15) is 0 Å². The highest BCUT2D eigenvalue weighted by Crippen LogP contribution is 2.19. The van der Waals surface area contributed by atoms with E-state index in [0.717, 1.165) is 12.8 Å². The average molecular weight is 435 g/mol. The molecular weight excluding hydrogens is 392 g/mol. The van der Waals surface area contributed by atoms with E-state index < -0.39 is 10.9 Å². The topological polar surface area (TPSA) is 81.5 Å². The van der Waals surface area contributed by atoms with E-state index in [0.29, 0.717) is 30.7 Å². The minimum atomic E-state index is -0.482. The van der Waals surface area contributed by atoms with Gasteiger partial charge >= 0.3 is 5.97 Å². The lowest BCUT2D eigenvalue weighted by atomic mass is 9.92. The molecule has 1 N–H and O–H groups in total. The number of nitrogens with one attached hydrogen (secondary N) is 1. The van der Waals surface area contributed by atoms with Crippen molar-refractivity contribution in [1.82, 2.24) is 5.32 Å². The fraction of sp³-hybridized carbons (Fsp3) is 0.720. The van der Waals surface area contributed by atoms with Crippen molar-refractivity contribution in [3.8, 4) is 0 Å². The van der Waals surface area contributed by atoms with Crippen molar-refractivity contribution in [2.45, 2.75) is 97.4 Å². The Hall–Kier alpha value is -1.95. The van der Waals surface area contributed by atoms with Crippen molar-refractivity contribution in [3.63, 3.8) is 0 Å². The van der Waals surface area contributed by atoms with E-state index in [4.69, 9.17) is 4.74 Å². The van der Waals surface area contributed by atoms with Gasteiger partial charge in [-0.05, 0) is 30.9 Å². The fourth-order valence-electron chi connectivity index (χ4n) is 3.85. The molecule has 1 rings (SSSR count). The quantitative estimate of drug-likeness (QED) is 0.121. The van der Waals surface area contributed by atoms with Crippen LogP contribution in [0.25, 0.3) is 0 Å². The maximum absolute atomic E-state index is 12.1. The summed E-state index contributed by atoms with van der Waals surface area (Å²) in [7, 11) is 0. The number of ether oxygens (including phenoxy) is 1. The van der Waals surface area contributed by atoms with Crippen LogP contribution < -0.4 is 5.32 Å². The number of non-ortho nitro benzene ring substituents is 1. The van der Waals surface area contributed by atoms with E-state index in [-0.39, 0.29) is 5.69 Å². The van der Waals surface area contributed by atoms with Crippen LogP contribution in [0.5, 0.6) is 0 Å². The second-order valence-corrected chi connectivity index (χ2v) is 8.63. The standard InChI is InChI=1S/C25H42N2O4/c1-4-6-8-10-12-21(3)20-23(13-11-9-7-5-2)26-18-19-31-25(28)22-14-16-24(17-15-22)27(29)30/h14-17,21,23,26H,4-13,18-20H2,1-3H3/t21-,23+/m1/s1. The zero-order valence-electron chi connectivity index (χ0n) is 19.7. The highest BCUT2D eigenvalue weighted by Gasteiger charge is 2.14. The molecule has 6 nitrogen and oxygen atoms in total. The van der Waals surface area contributed by atoms with Gasteiger partial charge < -0.3 is 10.1 Å². The van der Waals surface area contributed by atoms with Crippen LogP contribution in [0.15, 0.2) is 24.3 Å². The van der Waals surface area contributed by atoms with Crippen LogP contribution in [0.1, 0.15) is 102 Å². The number of rotatable bonds is 18. The number of nitro groups is 1. The molecule has 176 valence electrons. The molecule has 6 heteroatoms. The third kappa shape index (κ3) is 12.5. The number of hydrogen-bond donors (Lipinski definition) is 1. The molecule has 0 heterocycles. The molecule has 0 bridgehead atoms. The van der Waals surface area contributed by atoms with Crippen molar-refractivity contribution in [3.05, 3.63) is 39.9 Å². The van der Waals surface area contributed by atoms with Crippen LogP contribution in [-0.2, 0) is 4.74 Å². The van der Waals surface area contributed by atoms with Crippen molar-refractivity contribution in [2.75, 3.05) is 13.2 Å². The molecule has 0 aliphatic carbocycles. The van der Waals surface area contributed by atoms with E-state index in [1.165, 1.54) is 82.1 Å². The van der Waals surface area contributed by atoms with Crippen LogP contribution in [0, 0.1) is 16.0 Å². The molecule has 0 spiro atoms. The van der Waals surface area contributed by atoms with E-state index >= 15 is 0 Å². The number of nitrogens with zero attached hydrogens (tertiary/aromatic N) is 1. The molecule has 0 saturated carbocycles. The van der Waals surface area contributed by atoms with Gasteiger partial charge in [0, 0.05) is 24.7 Å². The van der Waals surface area contributed by atoms with E-state index in [2.05, 4.69) is 26.1 Å². The van der Waals surface area contributed by atoms with Crippen LogP contribution in [-0.4, -0.2) is 30.1 Å². The predicted octanol–water partition coefficient (Wildman–Crippen LogP) is 6.68. The Morgan fingerprint density at radius 1 is 1.00 bits per heavy atom. The molecule has 0 unspecified atom stereocenters. The summed E-state index contributed by atoms with van der Waals surface area (Å²) < 4.78 is 5.35. The second kappa shape index (κ2) is 16.7. The molecule has 31 heavy (non-hydrogen) atoms. The summed E-state index contributed by atoms with van der Waals surface area (Å²) >= 11 is 0. The first kappa shape index (κ1) is 27.1. The Balaban J connectivity index is 2.39. The predicted molar refractivity (Wildman–Crippen MR) is 126 cm³/mol. The lowest BCUT2D eigenvalue weighted by molar-refractivity contribution is -0.384. The van der Waals surface area contributed by atoms with Gasteiger partial charge in [-0.15, -0.1) is 0 Å². The number of unbranched alkanes of at least 4 members (excludes halogenated alkanes) is 6. The fourth-order valence-corrected chi connectivity index (χ4v) is 3.85. The van der Waals surface area contributed by atoms with Gasteiger partial charge in [0.15, 0.2) is 0 Å². The van der Waals surface area contributed by atoms with Gasteiger partial charge in [0.1, 0.15) is 6.61 Å². The van der Waals surface area contributed by atoms with Crippen molar-refractivity contribution >= 4 is 11.7 Å². The molecule has 1 aromatic rings. The van der Waals surface area contributed by atoms with Gasteiger partial charge in [-0.1, -0.05) is 78.6 Å². The number of carbonyl (C=O) groups is 1. The van der Waals surface area contributed by atoms with Gasteiger partial charge in [0.2, 0.25) is 0 Å². The Morgan fingerprint density at radius 3 is 2.19 bits per heavy atom. The van der Waals surface area contributed by atoms with Gasteiger partial charge in [0.05, 0.1) is 10.5 Å². The lowest BCUT2D eigenvalue weighted by Gasteiger charge is -2.22. The maximum atomic E-state index is 12.1. The molecule has 0 radical (unpaired) electrons. The molecule has 0 saturated heterocycles. The number of carbonyl (C=O) groups excluding carboxylic acids is 1. The summed E-state index contributed by atoms with van der Waals surface area (Å²) in [5, 5.41) is 14.3. The third-order valence-electron chi connectivity index (χ3n) is 5.73. The zero-order chi connectivity index (χ0) is 22.9. The molecule has 0 aromatic heterocycles. The Morgan fingerprint density at radius 2 is 1.61 bits per heavy atom. The van der Waals surface area contributed by atoms with Crippen molar-refractivity contribution < 1.29 is 14.5 Å². The minimum absolute atomic E-state index is 0.0343.